The molecule has 0 N–H and O–H groups in total. The third kappa shape index (κ3) is 4.15. The predicted molar refractivity (Wildman–Crippen MR) is 89.4 cm³/mol. The Labute approximate surface area is 147 Å². The van der Waals surface area contributed by atoms with Crippen molar-refractivity contribution < 1.29 is 18.7 Å². The fourth-order valence-electron chi connectivity index (χ4n) is 3.73. The van der Waals surface area contributed by atoms with E-state index in [1.165, 1.54) is 12.3 Å². The van der Waals surface area contributed by atoms with Crippen LogP contribution in [0.2, 0.25) is 0 Å². The number of hydrogen-bond acceptors (Lipinski definition) is 4. The Hall–Kier alpha value is -2.02. The molecule has 0 saturated carbocycles. The van der Waals surface area contributed by atoms with Crippen LogP contribution in [-0.4, -0.2) is 66.5 Å². The van der Waals surface area contributed by atoms with E-state index in [0.717, 1.165) is 32.1 Å². The number of likely N-dealkylation sites (tertiary alicyclic amines) is 2. The zero-order valence-corrected chi connectivity index (χ0v) is 14.5. The zero-order chi connectivity index (χ0) is 17.8. The van der Waals surface area contributed by atoms with E-state index >= 15 is 0 Å². The fourth-order valence-corrected chi connectivity index (χ4v) is 3.73. The quantitative estimate of drug-likeness (QED) is 0.809. The molecule has 3 heterocycles. The van der Waals surface area contributed by atoms with Crippen molar-refractivity contribution in [2.45, 2.75) is 19.3 Å². The number of rotatable bonds is 5. The highest BCUT2D eigenvalue weighted by atomic mass is 19.1. The van der Waals surface area contributed by atoms with Crippen LogP contribution in [0.15, 0.2) is 18.5 Å². The summed E-state index contributed by atoms with van der Waals surface area (Å²) in [5.41, 5.74) is 0.0746. The van der Waals surface area contributed by atoms with E-state index in [-0.39, 0.29) is 23.3 Å². The molecule has 0 spiro atoms. The van der Waals surface area contributed by atoms with Crippen molar-refractivity contribution in [2.75, 3.05) is 39.9 Å². The van der Waals surface area contributed by atoms with E-state index in [1.54, 1.807) is 12.0 Å². The number of pyridine rings is 1. The molecule has 1 unspecified atom stereocenters. The number of nitrogens with zero attached hydrogens (tertiary/aromatic N) is 3. The summed E-state index contributed by atoms with van der Waals surface area (Å²) in [7, 11) is 1.66. The molecule has 2 saturated heterocycles. The van der Waals surface area contributed by atoms with E-state index in [0.29, 0.717) is 32.0 Å². The van der Waals surface area contributed by atoms with E-state index in [9.17, 15) is 14.0 Å². The van der Waals surface area contributed by atoms with Gasteiger partial charge in [-0.1, -0.05) is 0 Å². The summed E-state index contributed by atoms with van der Waals surface area (Å²) >= 11 is 0. The average molecular weight is 349 g/mol. The van der Waals surface area contributed by atoms with Crippen LogP contribution >= 0.6 is 0 Å². The van der Waals surface area contributed by atoms with Crippen LogP contribution in [0.1, 0.15) is 29.6 Å². The number of ether oxygens (including phenoxy) is 1. The second-order valence-corrected chi connectivity index (χ2v) is 6.92. The molecule has 3 rings (SSSR count). The first-order chi connectivity index (χ1) is 12.1. The maximum Gasteiger partial charge on any atom is 0.256 e. The number of carbonyl (C=O) groups excluding carboxylic acids is 2. The molecule has 0 aliphatic carbocycles. The maximum atomic E-state index is 13.7. The third-order valence-electron chi connectivity index (χ3n) is 5.08. The van der Waals surface area contributed by atoms with Crippen molar-refractivity contribution in [3.05, 3.63) is 29.8 Å². The van der Waals surface area contributed by atoms with Crippen LogP contribution in [0, 0.1) is 17.7 Å². The minimum atomic E-state index is -0.582. The van der Waals surface area contributed by atoms with Crippen molar-refractivity contribution in [1.82, 2.24) is 14.8 Å². The Kier molecular flexibility index (Phi) is 5.63. The summed E-state index contributed by atoms with van der Waals surface area (Å²) in [4.78, 5) is 31.8. The van der Waals surface area contributed by atoms with Gasteiger partial charge in [0.05, 0.1) is 18.4 Å². The van der Waals surface area contributed by atoms with Crippen LogP contribution in [0.3, 0.4) is 0 Å². The molecule has 7 heteroatoms. The van der Waals surface area contributed by atoms with Gasteiger partial charge in [-0.15, -0.1) is 0 Å². The molecular weight excluding hydrogens is 325 g/mol. The van der Waals surface area contributed by atoms with E-state index in [2.05, 4.69) is 4.98 Å². The first-order valence-corrected chi connectivity index (χ1v) is 8.74. The number of amides is 2. The van der Waals surface area contributed by atoms with Crippen molar-refractivity contribution >= 4 is 11.8 Å². The van der Waals surface area contributed by atoms with Crippen molar-refractivity contribution in [3.63, 3.8) is 0 Å². The van der Waals surface area contributed by atoms with Gasteiger partial charge in [0.1, 0.15) is 0 Å². The van der Waals surface area contributed by atoms with Gasteiger partial charge in [-0.05, 0) is 24.8 Å². The Morgan fingerprint density at radius 2 is 2.12 bits per heavy atom. The smallest absolute Gasteiger partial charge is 0.256 e. The Balaban J connectivity index is 1.50. The molecule has 25 heavy (non-hydrogen) atoms. The van der Waals surface area contributed by atoms with Crippen LogP contribution < -0.4 is 0 Å². The number of halogens is 1. The Morgan fingerprint density at radius 3 is 2.80 bits per heavy atom. The van der Waals surface area contributed by atoms with Gasteiger partial charge in [-0.25, -0.2) is 4.39 Å². The molecule has 6 nitrogen and oxygen atoms in total. The molecule has 0 radical (unpaired) electrons. The summed E-state index contributed by atoms with van der Waals surface area (Å²) in [5, 5.41) is 0. The highest BCUT2D eigenvalue weighted by Gasteiger charge is 2.32. The topological polar surface area (TPSA) is 62.7 Å². The second kappa shape index (κ2) is 7.91. The van der Waals surface area contributed by atoms with Crippen LogP contribution in [-0.2, 0) is 9.53 Å². The maximum absolute atomic E-state index is 13.7. The fraction of sp³-hybridized carbons (Fsp3) is 0.611. The predicted octanol–water partition coefficient (Wildman–Crippen LogP) is 1.57. The summed E-state index contributed by atoms with van der Waals surface area (Å²) in [6, 6.07) is 1.42. The zero-order valence-electron chi connectivity index (χ0n) is 14.5. The SMILES string of the molecule is COCC1CC(=O)N(CC2CCN(C(=O)c3ccncc3F)CC2)C1. The van der Waals surface area contributed by atoms with E-state index in [1.807, 2.05) is 4.90 Å². The number of piperidine rings is 1. The van der Waals surface area contributed by atoms with Gasteiger partial charge >= 0.3 is 0 Å². The molecule has 0 bridgehead atoms. The average Bonchev–Trinajstić information content (AvgIpc) is 2.95. The summed E-state index contributed by atoms with van der Waals surface area (Å²) in [5.74, 6) is 0.00190. The monoisotopic (exact) mass is 349 g/mol. The van der Waals surface area contributed by atoms with Crippen LogP contribution in [0.25, 0.3) is 0 Å². The molecule has 136 valence electrons. The third-order valence-corrected chi connectivity index (χ3v) is 5.08. The van der Waals surface area contributed by atoms with Gasteiger partial charge in [0, 0.05) is 51.8 Å². The lowest BCUT2D eigenvalue weighted by Crippen LogP contribution is -2.42. The van der Waals surface area contributed by atoms with Gasteiger partial charge in [-0.2, -0.15) is 0 Å². The molecule has 2 amide bonds. The summed E-state index contributed by atoms with van der Waals surface area (Å²) in [6.07, 6.45) is 4.72. The van der Waals surface area contributed by atoms with Crippen molar-refractivity contribution in [3.8, 4) is 0 Å². The molecule has 1 aromatic heterocycles. The number of carbonyl (C=O) groups is 2. The van der Waals surface area contributed by atoms with Gasteiger partial charge in [-0.3, -0.25) is 14.6 Å². The number of methoxy groups -OCH3 is 1. The minimum Gasteiger partial charge on any atom is -0.384 e. The molecule has 2 aliphatic heterocycles. The lowest BCUT2D eigenvalue weighted by atomic mass is 9.95. The first-order valence-electron chi connectivity index (χ1n) is 8.74. The molecular formula is C18H24FN3O3. The Bertz CT molecular complexity index is 632. The standard InChI is InChI=1S/C18H24FN3O3/c1-25-12-14-8-17(23)22(11-14)10-13-3-6-21(7-4-13)18(24)15-2-5-20-9-16(15)19/h2,5,9,13-14H,3-4,6-8,10-12H2,1H3. The van der Waals surface area contributed by atoms with Crippen molar-refractivity contribution in [2.24, 2.45) is 11.8 Å². The lowest BCUT2D eigenvalue weighted by molar-refractivity contribution is -0.128. The van der Waals surface area contributed by atoms with E-state index in [4.69, 9.17) is 4.74 Å². The molecule has 1 aromatic rings. The molecule has 0 aromatic carbocycles. The molecule has 1 atom stereocenters. The largest absolute Gasteiger partial charge is 0.384 e. The first kappa shape index (κ1) is 17.8. The Morgan fingerprint density at radius 1 is 1.36 bits per heavy atom. The second-order valence-electron chi connectivity index (χ2n) is 6.92. The highest BCUT2D eigenvalue weighted by molar-refractivity contribution is 5.94. The summed E-state index contributed by atoms with van der Waals surface area (Å²) in [6.45, 7) is 3.30. The van der Waals surface area contributed by atoms with Gasteiger partial charge in [0.25, 0.3) is 5.91 Å². The molecule has 2 fully saturated rings. The lowest BCUT2D eigenvalue weighted by Gasteiger charge is -2.34. The highest BCUT2D eigenvalue weighted by Crippen LogP contribution is 2.24. The van der Waals surface area contributed by atoms with Crippen LogP contribution in [0.5, 0.6) is 0 Å². The van der Waals surface area contributed by atoms with Gasteiger partial charge < -0.3 is 14.5 Å². The normalized spacial score (nSPS) is 21.8. The summed E-state index contributed by atoms with van der Waals surface area (Å²) < 4.78 is 18.9. The van der Waals surface area contributed by atoms with Gasteiger partial charge in [0.2, 0.25) is 5.91 Å². The van der Waals surface area contributed by atoms with Crippen molar-refractivity contribution in [1.29, 1.82) is 0 Å². The minimum absolute atomic E-state index is 0.0746. The number of hydrogen-bond donors (Lipinski definition) is 0. The number of aromatic nitrogens is 1. The molecule has 2 aliphatic rings. The van der Waals surface area contributed by atoms with Crippen LogP contribution in [0.4, 0.5) is 4.39 Å². The van der Waals surface area contributed by atoms with E-state index < -0.39 is 5.82 Å². The van der Waals surface area contributed by atoms with Gasteiger partial charge in [0.15, 0.2) is 5.82 Å².